The maximum absolute atomic E-state index is 10.2. The molecule has 0 aliphatic carbocycles. The number of carboxylic acid groups (broad SMARTS) is 1. The van der Waals surface area contributed by atoms with Gasteiger partial charge in [0.2, 0.25) is 0 Å². The van der Waals surface area contributed by atoms with E-state index in [-0.39, 0.29) is 0 Å². The quantitative estimate of drug-likeness (QED) is 0.421. The molecule has 0 heterocycles. The van der Waals surface area contributed by atoms with Gasteiger partial charge in [-0.15, -0.1) is 0 Å². The Kier molecular flexibility index (Phi) is 22.0. The van der Waals surface area contributed by atoms with Gasteiger partial charge in [0.15, 0.2) is 0 Å². The first kappa shape index (κ1) is 20.4. The Labute approximate surface area is 128 Å². The predicted octanol–water partition coefficient (Wildman–Crippen LogP) is 5.13. The molecule has 0 aromatic carbocycles. The average molecular weight is 333 g/mol. The summed E-state index contributed by atoms with van der Waals surface area (Å²) in [5, 5.41) is 8.41. The molecule has 0 aliphatic rings. The molecule has 0 fully saturated rings. The molecule has 18 heavy (non-hydrogen) atoms. The van der Waals surface area contributed by atoms with Crippen molar-refractivity contribution < 1.29 is 34.6 Å². The largest absolute Gasteiger partial charge is 0.481 e. The van der Waals surface area contributed by atoms with E-state index in [1.165, 1.54) is 49.1 Å². The van der Waals surface area contributed by atoms with Gasteiger partial charge in [0.05, 0.1) is 0 Å². The van der Waals surface area contributed by atoms with Crippen molar-refractivity contribution in [1.82, 2.24) is 0 Å². The number of hydrogen-bond donors (Lipinski definition) is 1. The van der Waals surface area contributed by atoms with Crippen LogP contribution < -0.4 is 0 Å². The molecule has 2 nitrogen and oxygen atoms in total. The van der Waals surface area contributed by atoms with Gasteiger partial charge in [0.25, 0.3) is 0 Å². The standard InChI is InChI=1S/C12H24O2.C3H5.Zr/c1-2-3-4-5-6-7-8-9-10-11-12(13)14;1-3-2;/h2-11H2,1H3,(H,13,14);3H,1-2H2;. The molecule has 0 radical (unpaired) electrons. The van der Waals surface area contributed by atoms with E-state index >= 15 is 0 Å². The average Bonchev–Trinajstić information content (AvgIpc) is 2.37. The molecular weight excluding hydrogens is 303 g/mol. The van der Waals surface area contributed by atoms with Crippen molar-refractivity contribution in [3.05, 3.63) is 12.7 Å². The van der Waals surface area contributed by atoms with Crippen LogP contribution in [0.25, 0.3) is 0 Å². The Balaban J connectivity index is 0. The minimum Gasteiger partial charge on any atom is -0.481 e. The second-order valence-electron chi connectivity index (χ2n) is 4.46. The van der Waals surface area contributed by atoms with Gasteiger partial charge in [-0.1, -0.05) is 58.3 Å². The Morgan fingerprint density at radius 2 is 1.44 bits per heavy atom. The molecule has 0 unspecified atom stereocenters. The zero-order valence-corrected chi connectivity index (χ0v) is 14.4. The van der Waals surface area contributed by atoms with E-state index in [2.05, 4.69) is 13.5 Å². The van der Waals surface area contributed by atoms with Crippen molar-refractivity contribution in [2.24, 2.45) is 0 Å². The van der Waals surface area contributed by atoms with Gasteiger partial charge in [-0.25, -0.2) is 0 Å². The first-order valence-electron chi connectivity index (χ1n) is 7.16. The summed E-state index contributed by atoms with van der Waals surface area (Å²) in [5.74, 6) is -0.659. The third-order valence-electron chi connectivity index (χ3n) is 2.64. The molecule has 0 rings (SSSR count). The molecule has 1 N–H and O–H groups in total. The van der Waals surface area contributed by atoms with Crippen molar-refractivity contribution in [3.8, 4) is 0 Å². The Bertz CT molecular complexity index is 181. The fourth-order valence-electron chi connectivity index (χ4n) is 1.59. The number of carboxylic acids is 1. The van der Waals surface area contributed by atoms with Gasteiger partial charge in [-0.05, 0) is 6.42 Å². The number of hydrogen-bond acceptors (Lipinski definition) is 1. The molecule has 3 heteroatoms. The van der Waals surface area contributed by atoms with Crippen LogP contribution in [0.4, 0.5) is 0 Å². The summed E-state index contributed by atoms with van der Waals surface area (Å²) >= 11 is 1.55. The Morgan fingerprint density at radius 3 is 1.78 bits per heavy atom. The van der Waals surface area contributed by atoms with Crippen molar-refractivity contribution in [3.63, 3.8) is 0 Å². The van der Waals surface area contributed by atoms with Gasteiger partial charge in [0, 0.05) is 6.42 Å². The molecule has 0 saturated heterocycles. The van der Waals surface area contributed by atoms with Crippen LogP contribution >= 0.6 is 0 Å². The fourth-order valence-corrected chi connectivity index (χ4v) is 1.59. The zero-order chi connectivity index (χ0) is 14.1. The van der Waals surface area contributed by atoms with Crippen LogP contribution in [0.1, 0.15) is 71.1 Å². The van der Waals surface area contributed by atoms with Gasteiger partial charge >= 0.3 is 47.5 Å². The third kappa shape index (κ3) is 25.1. The van der Waals surface area contributed by atoms with Crippen molar-refractivity contribution in [2.45, 2.75) is 75.3 Å². The predicted molar refractivity (Wildman–Crippen MR) is 74.5 cm³/mol. The Hall–Kier alpha value is 0.0931. The molecular formula is C15H29O2Zr. The normalized spacial score (nSPS) is 9.33. The van der Waals surface area contributed by atoms with Gasteiger partial charge in [0.1, 0.15) is 0 Å². The Morgan fingerprint density at radius 1 is 1.06 bits per heavy atom. The maximum Gasteiger partial charge on any atom is 0.303 e. The summed E-state index contributed by atoms with van der Waals surface area (Å²) in [7, 11) is 0. The second kappa shape index (κ2) is 19.4. The van der Waals surface area contributed by atoms with E-state index in [1.807, 2.05) is 6.08 Å². The summed E-state index contributed by atoms with van der Waals surface area (Å²) in [5.41, 5.74) is 0. The van der Waals surface area contributed by atoms with Crippen LogP contribution in [0.2, 0.25) is 4.13 Å². The smallest absolute Gasteiger partial charge is 0.303 e. The molecule has 0 aromatic rings. The van der Waals surface area contributed by atoms with Crippen molar-refractivity contribution in [2.75, 3.05) is 0 Å². The summed E-state index contributed by atoms with van der Waals surface area (Å²) in [6, 6.07) is 0. The summed E-state index contributed by atoms with van der Waals surface area (Å²) in [4.78, 5) is 10.2. The molecule has 105 valence electrons. The summed E-state index contributed by atoms with van der Waals surface area (Å²) in [6.45, 7) is 5.73. The summed E-state index contributed by atoms with van der Waals surface area (Å²) < 4.78 is 1.17. The van der Waals surface area contributed by atoms with Crippen molar-refractivity contribution >= 4 is 5.97 Å². The van der Waals surface area contributed by atoms with Crippen LogP contribution in [0, 0.1) is 0 Å². The van der Waals surface area contributed by atoms with Gasteiger partial charge in [-0.2, -0.15) is 0 Å². The van der Waals surface area contributed by atoms with Crippen LogP contribution in [-0.4, -0.2) is 11.1 Å². The van der Waals surface area contributed by atoms with E-state index < -0.39 is 5.97 Å². The number of unbranched alkanes of at least 4 members (excludes halogenated alkanes) is 8. The topological polar surface area (TPSA) is 37.3 Å². The van der Waals surface area contributed by atoms with E-state index in [0.29, 0.717) is 6.42 Å². The molecule has 0 spiro atoms. The van der Waals surface area contributed by atoms with Crippen LogP contribution in [0.3, 0.4) is 0 Å². The molecule has 0 aromatic heterocycles. The maximum atomic E-state index is 10.2. The van der Waals surface area contributed by atoms with Crippen LogP contribution in [0.5, 0.6) is 0 Å². The molecule has 0 aliphatic heterocycles. The minimum absolute atomic E-state index is 0.343. The SMILES string of the molecule is C=C[CH2][Zr].CCCCCCCCCCCC(=O)O. The minimum atomic E-state index is -0.659. The number of carbonyl (C=O) groups is 1. The van der Waals surface area contributed by atoms with E-state index in [9.17, 15) is 4.79 Å². The van der Waals surface area contributed by atoms with Crippen molar-refractivity contribution in [1.29, 1.82) is 0 Å². The first-order valence-corrected chi connectivity index (χ1v) is 8.90. The third-order valence-corrected chi connectivity index (χ3v) is 3.35. The number of rotatable bonds is 11. The van der Waals surface area contributed by atoms with E-state index in [0.717, 1.165) is 12.8 Å². The molecule has 0 amide bonds. The van der Waals surface area contributed by atoms with Gasteiger partial charge in [-0.3, -0.25) is 4.79 Å². The second-order valence-corrected chi connectivity index (χ2v) is 5.47. The van der Waals surface area contributed by atoms with Crippen LogP contribution in [-0.2, 0) is 29.5 Å². The first-order chi connectivity index (χ1) is 8.68. The van der Waals surface area contributed by atoms with Gasteiger partial charge < -0.3 is 5.11 Å². The monoisotopic (exact) mass is 331 g/mol. The van der Waals surface area contributed by atoms with Crippen LogP contribution in [0.15, 0.2) is 12.7 Å². The van der Waals surface area contributed by atoms with E-state index in [1.54, 1.807) is 24.7 Å². The zero-order valence-electron chi connectivity index (χ0n) is 11.9. The molecule has 0 bridgehead atoms. The molecule has 0 saturated carbocycles. The molecule has 0 atom stereocenters. The van der Waals surface area contributed by atoms with E-state index in [4.69, 9.17) is 5.11 Å². The fraction of sp³-hybridized carbons (Fsp3) is 0.800. The number of aliphatic carboxylic acids is 1. The number of allylic oxidation sites excluding steroid dienone is 1. The summed E-state index contributed by atoms with van der Waals surface area (Å²) in [6.07, 6.45) is 13.4.